The van der Waals surface area contributed by atoms with Gasteiger partial charge in [0.05, 0.1) is 13.7 Å². The lowest BCUT2D eigenvalue weighted by Crippen LogP contribution is -2.26. The molecule has 4 N–H and O–H groups in total. The highest BCUT2D eigenvalue weighted by molar-refractivity contribution is 7.89. The lowest BCUT2D eigenvalue weighted by Gasteiger charge is -2.12. The van der Waals surface area contributed by atoms with E-state index in [1.165, 1.54) is 19.2 Å². The summed E-state index contributed by atoms with van der Waals surface area (Å²) in [6.07, 6.45) is 1.68. The van der Waals surface area contributed by atoms with Gasteiger partial charge >= 0.3 is 0 Å². The fourth-order valence-electron chi connectivity index (χ4n) is 1.66. The van der Waals surface area contributed by atoms with Crippen molar-refractivity contribution in [2.45, 2.75) is 23.8 Å². The van der Waals surface area contributed by atoms with Crippen LogP contribution >= 0.6 is 12.4 Å². The number of hydrogen-bond donors (Lipinski definition) is 3. The molecule has 2 rings (SSSR count). The quantitative estimate of drug-likeness (QED) is 0.699. The lowest BCUT2D eigenvalue weighted by atomic mass is 10.3. The molecule has 1 aromatic rings. The third kappa shape index (κ3) is 4.57. The Morgan fingerprint density at radius 3 is 2.62 bits per heavy atom. The van der Waals surface area contributed by atoms with E-state index in [2.05, 4.69) is 10.0 Å². The summed E-state index contributed by atoms with van der Waals surface area (Å²) in [6, 6.07) is 4.40. The minimum Gasteiger partial charge on any atom is -0.495 e. The van der Waals surface area contributed by atoms with Crippen molar-refractivity contribution in [3.8, 4) is 5.75 Å². The predicted octanol–water partition coefficient (Wildman–Crippen LogP) is 0.455. The van der Waals surface area contributed by atoms with Gasteiger partial charge in [-0.25, -0.2) is 13.1 Å². The zero-order valence-electron chi connectivity index (χ0n) is 11.5. The van der Waals surface area contributed by atoms with Crippen LogP contribution in [-0.2, 0) is 14.8 Å². The monoisotopic (exact) mass is 335 g/mol. The Labute approximate surface area is 129 Å². The molecule has 1 aliphatic rings. The fraction of sp³-hybridized carbons (Fsp3) is 0.417. The van der Waals surface area contributed by atoms with E-state index in [9.17, 15) is 13.2 Å². The first-order valence-electron chi connectivity index (χ1n) is 6.16. The number of amides is 1. The van der Waals surface area contributed by atoms with E-state index in [1.807, 2.05) is 0 Å². The Hall–Kier alpha value is -1.35. The SMILES string of the molecule is COc1ccc(NC(=O)CN)cc1S(=O)(=O)NC1CC1.Cl. The van der Waals surface area contributed by atoms with Gasteiger partial charge in [0.1, 0.15) is 10.6 Å². The number of sulfonamides is 1. The van der Waals surface area contributed by atoms with Crippen LogP contribution in [0.5, 0.6) is 5.75 Å². The molecule has 7 nitrogen and oxygen atoms in total. The predicted molar refractivity (Wildman–Crippen MR) is 81.3 cm³/mol. The first kappa shape index (κ1) is 17.7. The van der Waals surface area contributed by atoms with Crippen LogP contribution in [-0.4, -0.2) is 34.0 Å². The number of methoxy groups -OCH3 is 1. The molecule has 0 saturated heterocycles. The molecular formula is C12H18ClN3O4S. The van der Waals surface area contributed by atoms with Crippen molar-refractivity contribution in [3.05, 3.63) is 18.2 Å². The average Bonchev–Trinajstić information content (AvgIpc) is 3.21. The standard InChI is InChI=1S/C12H17N3O4S.ClH/c1-19-10-5-4-9(14-12(16)7-13)6-11(10)20(17,18)15-8-2-3-8;/h4-6,8,15H,2-3,7,13H2,1H3,(H,14,16);1H. The molecule has 1 saturated carbocycles. The Bertz CT molecular complexity index is 617. The van der Waals surface area contributed by atoms with Crippen molar-refractivity contribution in [3.63, 3.8) is 0 Å². The Morgan fingerprint density at radius 2 is 2.10 bits per heavy atom. The Balaban J connectivity index is 0.00000220. The zero-order valence-corrected chi connectivity index (χ0v) is 13.1. The molecule has 0 unspecified atom stereocenters. The number of halogens is 1. The van der Waals surface area contributed by atoms with Gasteiger partial charge in [0.25, 0.3) is 0 Å². The number of hydrogen-bond acceptors (Lipinski definition) is 5. The first-order chi connectivity index (χ1) is 9.46. The van der Waals surface area contributed by atoms with Crippen molar-refractivity contribution in [2.75, 3.05) is 19.0 Å². The van der Waals surface area contributed by atoms with Crippen LogP contribution in [0.1, 0.15) is 12.8 Å². The highest BCUT2D eigenvalue weighted by Crippen LogP contribution is 2.29. The van der Waals surface area contributed by atoms with E-state index in [1.54, 1.807) is 6.07 Å². The van der Waals surface area contributed by atoms with E-state index in [0.29, 0.717) is 5.69 Å². The molecule has 0 aromatic heterocycles. The summed E-state index contributed by atoms with van der Waals surface area (Å²) in [4.78, 5) is 11.3. The third-order valence-corrected chi connectivity index (χ3v) is 4.36. The smallest absolute Gasteiger partial charge is 0.244 e. The van der Waals surface area contributed by atoms with Crippen LogP contribution in [0.4, 0.5) is 5.69 Å². The van der Waals surface area contributed by atoms with E-state index in [-0.39, 0.29) is 35.6 Å². The second-order valence-corrected chi connectivity index (χ2v) is 6.20. The van der Waals surface area contributed by atoms with E-state index in [0.717, 1.165) is 12.8 Å². The third-order valence-electron chi connectivity index (χ3n) is 2.82. The van der Waals surface area contributed by atoms with Gasteiger partial charge in [0.15, 0.2) is 0 Å². The van der Waals surface area contributed by atoms with Crippen LogP contribution in [0, 0.1) is 0 Å². The summed E-state index contributed by atoms with van der Waals surface area (Å²) in [7, 11) is -2.27. The van der Waals surface area contributed by atoms with Crippen molar-refractivity contribution >= 4 is 34.0 Å². The average molecular weight is 336 g/mol. The molecule has 0 heterocycles. The van der Waals surface area contributed by atoms with Gasteiger partial charge in [-0.05, 0) is 31.0 Å². The number of ether oxygens (including phenoxy) is 1. The number of benzene rings is 1. The second-order valence-electron chi connectivity index (χ2n) is 4.51. The number of nitrogens with two attached hydrogens (primary N) is 1. The largest absolute Gasteiger partial charge is 0.495 e. The highest BCUT2D eigenvalue weighted by Gasteiger charge is 2.30. The highest BCUT2D eigenvalue weighted by atomic mass is 35.5. The minimum atomic E-state index is -3.66. The Morgan fingerprint density at radius 1 is 1.43 bits per heavy atom. The topological polar surface area (TPSA) is 111 Å². The van der Waals surface area contributed by atoms with Crippen molar-refractivity contribution in [1.29, 1.82) is 0 Å². The van der Waals surface area contributed by atoms with Gasteiger partial charge < -0.3 is 15.8 Å². The van der Waals surface area contributed by atoms with Crippen LogP contribution in [0.2, 0.25) is 0 Å². The molecule has 1 fully saturated rings. The van der Waals surface area contributed by atoms with Crippen molar-refractivity contribution in [2.24, 2.45) is 5.73 Å². The van der Waals surface area contributed by atoms with Crippen LogP contribution < -0.4 is 20.5 Å². The first-order valence-corrected chi connectivity index (χ1v) is 7.65. The molecule has 9 heteroatoms. The summed E-state index contributed by atoms with van der Waals surface area (Å²) < 4.78 is 32.1. The molecule has 0 atom stereocenters. The lowest BCUT2D eigenvalue weighted by molar-refractivity contribution is -0.114. The van der Waals surface area contributed by atoms with E-state index >= 15 is 0 Å². The Kier molecular flexibility index (Phi) is 5.97. The maximum absolute atomic E-state index is 12.2. The summed E-state index contributed by atoms with van der Waals surface area (Å²) in [5.74, 6) is -0.169. The molecule has 1 amide bonds. The maximum atomic E-state index is 12.2. The number of rotatable bonds is 6. The minimum absolute atomic E-state index is 0. The summed E-state index contributed by atoms with van der Waals surface area (Å²) >= 11 is 0. The summed E-state index contributed by atoms with van der Waals surface area (Å²) in [5, 5.41) is 2.51. The summed E-state index contributed by atoms with van der Waals surface area (Å²) in [6.45, 7) is -0.172. The van der Waals surface area contributed by atoms with Gasteiger partial charge in [-0.15, -0.1) is 12.4 Å². The fourth-order valence-corrected chi connectivity index (χ4v) is 3.16. The second kappa shape index (κ2) is 7.08. The number of nitrogens with one attached hydrogen (secondary N) is 2. The number of anilines is 1. The van der Waals surface area contributed by atoms with Gasteiger partial charge in [-0.1, -0.05) is 0 Å². The molecule has 0 spiro atoms. The van der Waals surface area contributed by atoms with Gasteiger partial charge in [-0.3, -0.25) is 4.79 Å². The molecule has 21 heavy (non-hydrogen) atoms. The molecular weight excluding hydrogens is 318 g/mol. The maximum Gasteiger partial charge on any atom is 0.244 e. The number of carbonyl (C=O) groups is 1. The van der Waals surface area contributed by atoms with E-state index < -0.39 is 15.9 Å². The number of carbonyl (C=O) groups excluding carboxylic acids is 1. The molecule has 0 radical (unpaired) electrons. The molecule has 0 aliphatic heterocycles. The van der Waals surface area contributed by atoms with Crippen molar-refractivity contribution < 1.29 is 17.9 Å². The molecule has 1 aliphatic carbocycles. The van der Waals surface area contributed by atoms with Gasteiger partial charge in [-0.2, -0.15) is 0 Å². The van der Waals surface area contributed by atoms with Crippen LogP contribution in [0.25, 0.3) is 0 Å². The van der Waals surface area contributed by atoms with Gasteiger partial charge in [0.2, 0.25) is 15.9 Å². The normalized spacial score (nSPS) is 14.2. The van der Waals surface area contributed by atoms with Crippen LogP contribution in [0.3, 0.4) is 0 Å². The van der Waals surface area contributed by atoms with Crippen molar-refractivity contribution in [1.82, 2.24) is 4.72 Å². The van der Waals surface area contributed by atoms with Crippen LogP contribution in [0.15, 0.2) is 23.1 Å². The van der Waals surface area contributed by atoms with Gasteiger partial charge in [0, 0.05) is 11.7 Å². The summed E-state index contributed by atoms with van der Waals surface area (Å²) in [5.41, 5.74) is 5.57. The molecule has 118 valence electrons. The van der Waals surface area contributed by atoms with E-state index in [4.69, 9.17) is 10.5 Å². The molecule has 1 aromatic carbocycles. The zero-order chi connectivity index (χ0) is 14.8. The molecule has 0 bridgehead atoms.